The van der Waals surface area contributed by atoms with Gasteiger partial charge in [0.05, 0.1) is 27.9 Å². The first-order valence-electron chi connectivity index (χ1n) is 7.23. The summed E-state index contributed by atoms with van der Waals surface area (Å²) >= 11 is 0. The standard InChI is InChI=1S/C17H24O5/c1-6-7-10-22-17(18)12(2)11-13-8-9-14(19-3)16(21-5)15(13)20-4/h8-9,11H,6-7,10H2,1-5H3/b12-11+. The number of unbranched alkanes of at least 4 members (excludes halogenated alkanes) is 1. The molecule has 0 heterocycles. The summed E-state index contributed by atoms with van der Waals surface area (Å²) in [6.45, 7) is 4.19. The third kappa shape index (κ3) is 4.41. The monoisotopic (exact) mass is 308 g/mol. The fourth-order valence-electron chi connectivity index (χ4n) is 1.95. The molecular weight excluding hydrogens is 284 g/mol. The van der Waals surface area contributed by atoms with E-state index in [9.17, 15) is 4.79 Å². The molecule has 1 rings (SSSR count). The van der Waals surface area contributed by atoms with Crippen molar-refractivity contribution in [3.8, 4) is 17.2 Å². The summed E-state index contributed by atoms with van der Waals surface area (Å²) < 4.78 is 21.1. The summed E-state index contributed by atoms with van der Waals surface area (Å²) in [6.07, 6.45) is 3.56. The van der Waals surface area contributed by atoms with Crippen molar-refractivity contribution in [3.63, 3.8) is 0 Å². The first kappa shape index (κ1) is 17.9. The van der Waals surface area contributed by atoms with Crippen LogP contribution in [-0.2, 0) is 9.53 Å². The first-order valence-corrected chi connectivity index (χ1v) is 7.23. The van der Waals surface area contributed by atoms with Gasteiger partial charge in [-0.2, -0.15) is 0 Å². The largest absolute Gasteiger partial charge is 0.493 e. The van der Waals surface area contributed by atoms with Gasteiger partial charge in [0.2, 0.25) is 5.75 Å². The molecule has 0 saturated carbocycles. The molecule has 0 aliphatic carbocycles. The molecule has 0 atom stereocenters. The third-order valence-electron chi connectivity index (χ3n) is 3.16. The summed E-state index contributed by atoms with van der Waals surface area (Å²) in [5, 5.41) is 0. The van der Waals surface area contributed by atoms with Crippen LogP contribution >= 0.6 is 0 Å². The number of esters is 1. The SMILES string of the molecule is CCCCOC(=O)/C(C)=C/c1ccc(OC)c(OC)c1OC. The van der Waals surface area contributed by atoms with Gasteiger partial charge < -0.3 is 18.9 Å². The van der Waals surface area contributed by atoms with E-state index in [4.69, 9.17) is 18.9 Å². The highest BCUT2D eigenvalue weighted by Crippen LogP contribution is 2.40. The zero-order valence-corrected chi connectivity index (χ0v) is 13.9. The average Bonchev–Trinajstić information content (AvgIpc) is 2.54. The van der Waals surface area contributed by atoms with Crippen LogP contribution in [0.5, 0.6) is 17.2 Å². The summed E-state index contributed by atoms with van der Waals surface area (Å²) in [5.74, 6) is 1.25. The summed E-state index contributed by atoms with van der Waals surface area (Å²) in [5.41, 5.74) is 1.23. The van der Waals surface area contributed by atoms with Crippen molar-refractivity contribution in [2.45, 2.75) is 26.7 Å². The van der Waals surface area contributed by atoms with Gasteiger partial charge in [-0.25, -0.2) is 4.79 Å². The van der Waals surface area contributed by atoms with Crippen LogP contribution in [0.4, 0.5) is 0 Å². The van der Waals surface area contributed by atoms with E-state index in [0.717, 1.165) is 18.4 Å². The predicted octanol–water partition coefficient (Wildman–Crippen LogP) is 3.46. The van der Waals surface area contributed by atoms with Crippen molar-refractivity contribution in [3.05, 3.63) is 23.3 Å². The summed E-state index contributed by atoms with van der Waals surface area (Å²) in [7, 11) is 4.65. The number of benzene rings is 1. The Morgan fingerprint density at radius 3 is 2.32 bits per heavy atom. The van der Waals surface area contributed by atoms with E-state index in [2.05, 4.69) is 0 Å². The molecule has 0 unspecified atom stereocenters. The number of rotatable bonds is 8. The molecule has 0 amide bonds. The van der Waals surface area contributed by atoms with Crippen LogP contribution in [0.3, 0.4) is 0 Å². The molecule has 5 nitrogen and oxygen atoms in total. The minimum atomic E-state index is -0.328. The molecule has 0 spiro atoms. The topological polar surface area (TPSA) is 54.0 Å². The maximum absolute atomic E-state index is 11.9. The Morgan fingerprint density at radius 2 is 1.77 bits per heavy atom. The summed E-state index contributed by atoms with van der Waals surface area (Å²) in [6, 6.07) is 3.58. The Bertz CT molecular complexity index is 534. The molecule has 0 saturated heterocycles. The van der Waals surface area contributed by atoms with E-state index in [0.29, 0.717) is 29.4 Å². The molecule has 0 aliphatic heterocycles. The van der Waals surface area contributed by atoms with E-state index in [1.54, 1.807) is 40.4 Å². The lowest BCUT2D eigenvalue weighted by Crippen LogP contribution is -2.07. The minimum Gasteiger partial charge on any atom is -0.493 e. The molecule has 1 aromatic carbocycles. The number of ether oxygens (including phenoxy) is 4. The normalized spacial score (nSPS) is 11.0. The molecule has 0 bridgehead atoms. The lowest BCUT2D eigenvalue weighted by Gasteiger charge is -2.14. The number of methoxy groups -OCH3 is 3. The molecular formula is C17H24O5. The first-order chi connectivity index (χ1) is 10.6. The van der Waals surface area contributed by atoms with Gasteiger partial charge in [0.15, 0.2) is 11.5 Å². The van der Waals surface area contributed by atoms with Crippen LogP contribution in [-0.4, -0.2) is 33.9 Å². The molecule has 1 aromatic rings. The quantitative estimate of drug-likeness (QED) is 0.418. The maximum Gasteiger partial charge on any atom is 0.333 e. The van der Waals surface area contributed by atoms with E-state index < -0.39 is 0 Å². The summed E-state index contributed by atoms with van der Waals surface area (Å²) in [4.78, 5) is 11.9. The Morgan fingerprint density at radius 1 is 1.09 bits per heavy atom. The second-order valence-corrected chi connectivity index (χ2v) is 4.74. The van der Waals surface area contributed by atoms with E-state index in [1.165, 1.54) is 0 Å². The zero-order chi connectivity index (χ0) is 16.5. The van der Waals surface area contributed by atoms with Gasteiger partial charge in [-0.15, -0.1) is 0 Å². The maximum atomic E-state index is 11.9. The van der Waals surface area contributed by atoms with Crippen LogP contribution in [0, 0.1) is 0 Å². The fourth-order valence-corrected chi connectivity index (χ4v) is 1.95. The van der Waals surface area contributed by atoms with Crippen molar-refractivity contribution in [1.29, 1.82) is 0 Å². The highest BCUT2D eigenvalue weighted by atomic mass is 16.5. The minimum absolute atomic E-state index is 0.328. The lowest BCUT2D eigenvalue weighted by atomic mass is 10.1. The van der Waals surface area contributed by atoms with Gasteiger partial charge >= 0.3 is 5.97 Å². The smallest absolute Gasteiger partial charge is 0.333 e. The van der Waals surface area contributed by atoms with Crippen molar-refractivity contribution in [2.75, 3.05) is 27.9 Å². The molecule has 0 N–H and O–H groups in total. The van der Waals surface area contributed by atoms with Crippen LogP contribution in [0.1, 0.15) is 32.3 Å². The van der Waals surface area contributed by atoms with E-state index in [1.807, 2.05) is 13.0 Å². The molecule has 0 fully saturated rings. The van der Waals surface area contributed by atoms with Crippen LogP contribution in [0.15, 0.2) is 17.7 Å². The number of hydrogen-bond acceptors (Lipinski definition) is 5. The van der Waals surface area contributed by atoms with E-state index in [-0.39, 0.29) is 5.97 Å². The van der Waals surface area contributed by atoms with Crippen molar-refractivity contribution in [2.24, 2.45) is 0 Å². The van der Waals surface area contributed by atoms with Crippen molar-refractivity contribution < 1.29 is 23.7 Å². The Labute approximate surface area is 131 Å². The van der Waals surface area contributed by atoms with Crippen LogP contribution < -0.4 is 14.2 Å². The highest BCUT2D eigenvalue weighted by molar-refractivity contribution is 5.93. The van der Waals surface area contributed by atoms with Gasteiger partial charge in [0.1, 0.15) is 0 Å². The van der Waals surface area contributed by atoms with Crippen LogP contribution in [0.2, 0.25) is 0 Å². The molecule has 5 heteroatoms. The highest BCUT2D eigenvalue weighted by Gasteiger charge is 2.15. The third-order valence-corrected chi connectivity index (χ3v) is 3.16. The molecule has 0 aromatic heterocycles. The second-order valence-electron chi connectivity index (χ2n) is 4.74. The zero-order valence-electron chi connectivity index (χ0n) is 13.9. The van der Waals surface area contributed by atoms with Crippen molar-refractivity contribution in [1.82, 2.24) is 0 Å². The molecule has 22 heavy (non-hydrogen) atoms. The molecule has 0 radical (unpaired) electrons. The molecule has 122 valence electrons. The lowest BCUT2D eigenvalue weighted by molar-refractivity contribution is -0.138. The van der Waals surface area contributed by atoms with Gasteiger partial charge in [-0.1, -0.05) is 13.3 Å². The number of hydrogen-bond donors (Lipinski definition) is 0. The number of carbonyl (C=O) groups excluding carboxylic acids is 1. The van der Waals surface area contributed by atoms with Gasteiger partial charge in [-0.05, 0) is 31.6 Å². The molecule has 0 aliphatic rings. The fraction of sp³-hybridized carbons (Fsp3) is 0.471. The predicted molar refractivity (Wildman–Crippen MR) is 85.6 cm³/mol. The Hall–Kier alpha value is -2.17. The second kappa shape index (κ2) is 8.97. The van der Waals surface area contributed by atoms with Gasteiger partial charge in [-0.3, -0.25) is 0 Å². The van der Waals surface area contributed by atoms with Crippen molar-refractivity contribution >= 4 is 12.0 Å². The average molecular weight is 308 g/mol. The van der Waals surface area contributed by atoms with Crippen LogP contribution in [0.25, 0.3) is 6.08 Å². The Balaban J connectivity index is 3.05. The van der Waals surface area contributed by atoms with Gasteiger partial charge in [0, 0.05) is 11.1 Å². The number of carbonyl (C=O) groups is 1. The van der Waals surface area contributed by atoms with E-state index >= 15 is 0 Å². The Kier molecular flexibility index (Phi) is 7.29. The van der Waals surface area contributed by atoms with Gasteiger partial charge in [0.25, 0.3) is 0 Å².